The average molecular weight is 369 g/mol. The van der Waals surface area contributed by atoms with E-state index < -0.39 is 0 Å². The third-order valence-electron chi connectivity index (χ3n) is 4.89. The van der Waals surface area contributed by atoms with E-state index in [9.17, 15) is 4.79 Å². The predicted molar refractivity (Wildman–Crippen MR) is 107 cm³/mol. The summed E-state index contributed by atoms with van der Waals surface area (Å²) in [4.78, 5) is 25.4. The topological polar surface area (TPSA) is 70.6 Å². The molecule has 1 aromatic carbocycles. The fourth-order valence-corrected chi connectivity index (χ4v) is 2.98. The summed E-state index contributed by atoms with van der Waals surface area (Å²) in [6.45, 7) is 7.13. The van der Waals surface area contributed by atoms with Crippen molar-refractivity contribution in [2.45, 2.75) is 26.3 Å². The molecular weight excluding hydrogens is 342 g/mol. The van der Waals surface area contributed by atoms with E-state index >= 15 is 0 Å². The number of benzene rings is 1. The maximum Gasteiger partial charge on any atom is 0.257 e. The van der Waals surface area contributed by atoms with E-state index in [1.54, 1.807) is 19.5 Å². The molecular formula is C20H27N5O2. The molecule has 0 radical (unpaired) electrons. The van der Waals surface area contributed by atoms with Gasteiger partial charge in [0.15, 0.2) is 0 Å². The van der Waals surface area contributed by atoms with Crippen LogP contribution in [-0.2, 0) is 0 Å². The molecule has 1 unspecified atom stereocenters. The maximum atomic E-state index is 12.7. The van der Waals surface area contributed by atoms with Gasteiger partial charge in [0.05, 0.1) is 12.7 Å². The number of carbonyl (C=O) groups excluding carboxylic acids is 1. The van der Waals surface area contributed by atoms with Crippen molar-refractivity contribution >= 4 is 17.5 Å². The van der Waals surface area contributed by atoms with Gasteiger partial charge in [0.2, 0.25) is 5.95 Å². The largest absolute Gasteiger partial charge is 0.497 e. The Labute approximate surface area is 160 Å². The number of hydrogen-bond acceptors (Lipinski definition) is 6. The monoisotopic (exact) mass is 369 g/mol. The van der Waals surface area contributed by atoms with Crippen LogP contribution in [0.5, 0.6) is 5.75 Å². The quantitative estimate of drug-likeness (QED) is 0.844. The molecule has 0 spiro atoms. The van der Waals surface area contributed by atoms with Crippen LogP contribution in [0.3, 0.4) is 0 Å². The average Bonchev–Trinajstić information content (AvgIpc) is 2.74. The molecule has 0 saturated carbocycles. The first-order valence-electron chi connectivity index (χ1n) is 9.37. The minimum Gasteiger partial charge on any atom is -0.497 e. The first kappa shape index (κ1) is 18.9. The summed E-state index contributed by atoms with van der Waals surface area (Å²) in [5.74, 6) is 1.39. The zero-order chi connectivity index (χ0) is 19.2. The van der Waals surface area contributed by atoms with Gasteiger partial charge in [-0.05, 0) is 37.6 Å². The molecule has 1 fully saturated rings. The summed E-state index contributed by atoms with van der Waals surface area (Å²) >= 11 is 0. The van der Waals surface area contributed by atoms with Crippen LogP contribution in [0.4, 0.5) is 11.6 Å². The Hall–Kier alpha value is -2.83. The van der Waals surface area contributed by atoms with Crippen LogP contribution in [0.25, 0.3) is 0 Å². The van der Waals surface area contributed by atoms with Crippen LogP contribution in [0, 0.1) is 0 Å². The normalized spacial score (nSPS) is 15.4. The van der Waals surface area contributed by atoms with E-state index in [0.717, 1.165) is 30.9 Å². The number of aromatic nitrogens is 2. The van der Waals surface area contributed by atoms with Crippen molar-refractivity contribution in [2.24, 2.45) is 0 Å². The SMILES string of the molecule is CCC(C)Nc1ncc(C(=O)N2CCN(c3ccc(OC)cc3)CC2)cn1. The molecule has 1 saturated heterocycles. The number of amides is 1. The molecule has 3 rings (SSSR count). The van der Waals surface area contributed by atoms with Gasteiger partial charge in [-0.25, -0.2) is 9.97 Å². The minimum atomic E-state index is -0.0144. The van der Waals surface area contributed by atoms with Gasteiger partial charge in [-0.3, -0.25) is 4.79 Å². The number of nitrogens with one attached hydrogen (secondary N) is 1. The third-order valence-corrected chi connectivity index (χ3v) is 4.89. The lowest BCUT2D eigenvalue weighted by molar-refractivity contribution is 0.0746. The highest BCUT2D eigenvalue weighted by molar-refractivity contribution is 5.93. The van der Waals surface area contributed by atoms with Gasteiger partial charge in [-0.15, -0.1) is 0 Å². The number of hydrogen-bond donors (Lipinski definition) is 1. The number of rotatable bonds is 6. The number of anilines is 2. The fourth-order valence-electron chi connectivity index (χ4n) is 2.98. The lowest BCUT2D eigenvalue weighted by Gasteiger charge is -2.36. The second kappa shape index (κ2) is 8.70. The fraction of sp³-hybridized carbons (Fsp3) is 0.450. The summed E-state index contributed by atoms with van der Waals surface area (Å²) in [6.07, 6.45) is 4.20. The molecule has 27 heavy (non-hydrogen) atoms. The molecule has 2 heterocycles. The number of nitrogens with zero attached hydrogens (tertiary/aromatic N) is 4. The van der Waals surface area contributed by atoms with E-state index in [4.69, 9.17) is 4.74 Å². The summed E-state index contributed by atoms with van der Waals surface area (Å²) in [5.41, 5.74) is 1.68. The number of ether oxygens (including phenoxy) is 1. The van der Waals surface area contributed by atoms with Crippen LogP contribution in [0.1, 0.15) is 30.6 Å². The van der Waals surface area contributed by atoms with Gasteiger partial charge < -0.3 is 19.9 Å². The standard InChI is InChI=1S/C20H27N5O2/c1-4-15(2)23-20-21-13-16(14-22-20)19(26)25-11-9-24(10-12-25)17-5-7-18(27-3)8-6-17/h5-8,13-15H,4,9-12H2,1-3H3,(H,21,22,23). The molecule has 0 bridgehead atoms. The molecule has 1 atom stereocenters. The number of methoxy groups -OCH3 is 1. The zero-order valence-electron chi connectivity index (χ0n) is 16.2. The summed E-state index contributed by atoms with van der Waals surface area (Å²) in [6, 6.07) is 8.32. The third kappa shape index (κ3) is 4.67. The van der Waals surface area contributed by atoms with E-state index in [0.29, 0.717) is 30.6 Å². The minimum absolute atomic E-state index is 0.0144. The van der Waals surface area contributed by atoms with E-state index in [1.807, 2.05) is 29.2 Å². The highest BCUT2D eigenvalue weighted by atomic mass is 16.5. The first-order chi connectivity index (χ1) is 13.1. The van der Waals surface area contributed by atoms with Gasteiger partial charge in [-0.1, -0.05) is 6.92 Å². The van der Waals surface area contributed by atoms with E-state index in [2.05, 4.69) is 34.0 Å². The maximum absolute atomic E-state index is 12.7. The van der Waals surface area contributed by atoms with E-state index in [1.165, 1.54) is 0 Å². The van der Waals surface area contributed by atoms with Crippen molar-refractivity contribution in [2.75, 3.05) is 43.5 Å². The molecule has 1 aliphatic heterocycles. The van der Waals surface area contributed by atoms with Gasteiger partial charge in [0.1, 0.15) is 5.75 Å². The molecule has 7 heteroatoms. The molecule has 1 amide bonds. The van der Waals surface area contributed by atoms with Gasteiger partial charge in [0, 0.05) is 50.3 Å². The highest BCUT2D eigenvalue weighted by Gasteiger charge is 2.23. The van der Waals surface area contributed by atoms with Crippen molar-refractivity contribution < 1.29 is 9.53 Å². The Bertz CT molecular complexity index is 740. The van der Waals surface area contributed by atoms with Gasteiger partial charge in [0.25, 0.3) is 5.91 Å². The van der Waals surface area contributed by atoms with Crippen LogP contribution in [0.2, 0.25) is 0 Å². The Morgan fingerprint density at radius 1 is 1.15 bits per heavy atom. The van der Waals surface area contributed by atoms with Crippen molar-refractivity contribution in [1.82, 2.24) is 14.9 Å². The van der Waals surface area contributed by atoms with Crippen molar-refractivity contribution in [3.63, 3.8) is 0 Å². The zero-order valence-corrected chi connectivity index (χ0v) is 16.2. The highest BCUT2D eigenvalue weighted by Crippen LogP contribution is 2.21. The molecule has 1 N–H and O–H groups in total. The molecule has 144 valence electrons. The Morgan fingerprint density at radius 2 is 1.78 bits per heavy atom. The Kier molecular flexibility index (Phi) is 6.11. The molecule has 7 nitrogen and oxygen atoms in total. The van der Waals surface area contributed by atoms with Crippen molar-refractivity contribution in [3.8, 4) is 5.75 Å². The second-order valence-corrected chi connectivity index (χ2v) is 6.73. The summed E-state index contributed by atoms with van der Waals surface area (Å²) in [7, 11) is 1.66. The van der Waals surface area contributed by atoms with Crippen LogP contribution in [-0.4, -0.2) is 60.1 Å². The van der Waals surface area contributed by atoms with Gasteiger partial charge >= 0.3 is 0 Å². The number of carbonyl (C=O) groups is 1. The first-order valence-corrected chi connectivity index (χ1v) is 9.37. The van der Waals surface area contributed by atoms with Crippen molar-refractivity contribution in [3.05, 3.63) is 42.2 Å². The molecule has 1 aromatic heterocycles. The Morgan fingerprint density at radius 3 is 2.33 bits per heavy atom. The smallest absolute Gasteiger partial charge is 0.257 e. The number of piperazine rings is 1. The Balaban J connectivity index is 1.56. The van der Waals surface area contributed by atoms with Crippen LogP contribution in [0.15, 0.2) is 36.7 Å². The lowest BCUT2D eigenvalue weighted by Crippen LogP contribution is -2.48. The van der Waals surface area contributed by atoms with Crippen LogP contribution < -0.4 is 15.0 Å². The molecule has 2 aromatic rings. The van der Waals surface area contributed by atoms with Gasteiger partial charge in [-0.2, -0.15) is 0 Å². The second-order valence-electron chi connectivity index (χ2n) is 6.73. The predicted octanol–water partition coefficient (Wildman–Crippen LogP) is 2.66. The summed E-state index contributed by atoms with van der Waals surface area (Å²) < 4.78 is 5.20. The summed E-state index contributed by atoms with van der Waals surface area (Å²) in [5, 5.41) is 3.21. The molecule has 1 aliphatic rings. The van der Waals surface area contributed by atoms with E-state index in [-0.39, 0.29) is 5.91 Å². The van der Waals surface area contributed by atoms with Crippen LogP contribution >= 0.6 is 0 Å². The molecule has 0 aliphatic carbocycles. The lowest BCUT2D eigenvalue weighted by atomic mass is 10.2. The van der Waals surface area contributed by atoms with Crippen molar-refractivity contribution in [1.29, 1.82) is 0 Å².